The van der Waals surface area contributed by atoms with Crippen LogP contribution < -0.4 is 11.1 Å². The number of hydrogen-bond donors (Lipinski definition) is 2. The molecule has 0 heterocycles. The lowest BCUT2D eigenvalue weighted by Gasteiger charge is -2.23. The maximum Gasteiger partial charge on any atom is 0.238 e. The zero-order valence-corrected chi connectivity index (χ0v) is 12.0. The number of carbonyl (C=O) groups excluding carboxylic acids is 1. The average molecular weight is 279 g/mol. The molecule has 1 amide bonds. The molecule has 1 aromatic carbocycles. The van der Waals surface area contributed by atoms with Gasteiger partial charge in [0.25, 0.3) is 0 Å². The summed E-state index contributed by atoms with van der Waals surface area (Å²) in [5.74, 6) is 0.0232. The van der Waals surface area contributed by atoms with Crippen molar-refractivity contribution in [3.63, 3.8) is 0 Å². The number of nitrogens with zero attached hydrogens (tertiary/aromatic N) is 1. The zero-order valence-electron chi connectivity index (χ0n) is 12.0. The van der Waals surface area contributed by atoms with Crippen LogP contribution in [0.15, 0.2) is 18.2 Å². The van der Waals surface area contributed by atoms with Gasteiger partial charge in [0.1, 0.15) is 5.82 Å². The topological polar surface area (TPSA) is 58.4 Å². The van der Waals surface area contributed by atoms with Gasteiger partial charge in [-0.1, -0.05) is 13.8 Å². The van der Waals surface area contributed by atoms with Gasteiger partial charge in [0.2, 0.25) is 5.91 Å². The number of nitrogens with two attached hydrogens (primary N) is 1. The van der Waals surface area contributed by atoms with Gasteiger partial charge in [-0.15, -0.1) is 0 Å². The third kappa shape index (κ3) is 4.20. The number of nitrogen functional groups attached to an aromatic ring is 1. The Hall–Kier alpha value is -1.62. The average Bonchev–Trinajstić information content (AvgIpc) is 3.15. The lowest BCUT2D eigenvalue weighted by molar-refractivity contribution is -0.117. The van der Waals surface area contributed by atoms with Gasteiger partial charge in [-0.2, -0.15) is 0 Å². The molecule has 1 aliphatic rings. The van der Waals surface area contributed by atoms with Gasteiger partial charge in [-0.25, -0.2) is 4.39 Å². The minimum Gasteiger partial charge on any atom is -0.397 e. The molecule has 1 fully saturated rings. The first kappa shape index (κ1) is 14.8. The summed E-state index contributed by atoms with van der Waals surface area (Å²) in [6.07, 6.45) is 2.33. The zero-order chi connectivity index (χ0) is 14.7. The predicted molar refractivity (Wildman–Crippen MR) is 78.9 cm³/mol. The van der Waals surface area contributed by atoms with E-state index in [9.17, 15) is 9.18 Å². The Balaban J connectivity index is 1.93. The number of carbonyl (C=O) groups is 1. The van der Waals surface area contributed by atoms with Crippen LogP contribution in [0, 0.1) is 11.7 Å². The van der Waals surface area contributed by atoms with Gasteiger partial charge in [0.15, 0.2) is 0 Å². The molecule has 0 atom stereocenters. The third-order valence-corrected chi connectivity index (χ3v) is 3.30. The summed E-state index contributed by atoms with van der Waals surface area (Å²) in [6, 6.07) is 4.53. The van der Waals surface area contributed by atoms with Crippen molar-refractivity contribution in [2.24, 2.45) is 5.92 Å². The number of amides is 1. The molecule has 1 saturated carbocycles. The Labute approximate surface area is 119 Å². The minimum atomic E-state index is -0.403. The second-order valence-corrected chi connectivity index (χ2v) is 5.83. The highest BCUT2D eigenvalue weighted by Crippen LogP contribution is 2.27. The minimum absolute atomic E-state index is 0.101. The van der Waals surface area contributed by atoms with Gasteiger partial charge in [-0.05, 0) is 37.0 Å². The van der Waals surface area contributed by atoms with E-state index in [-0.39, 0.29) is 11.6 Å². The maximum absolute atomic E-state index is 13.0. The molecular formula is C15H22FN3O. The summed E-state index contributed by atoms with van der Waals surface area (Å²) >= 11 is 0. The summed E-state index contributed by atoms with van der Waals surface area (Å²) < 4.78 is 13.0. The first-order valence-corrected chi connectivity index (χ1v) is 7.04. The van der Waals surface area contributed by atoms with Gasteiger partial charge < -0.3 is 11.1 Å². The van der Waals surface area contributed by atoms with Crippen LogP contribution in [-0.4, -0.2) is 29.9 Å². The Morgan fingerprint density at radius 1 is 1.50 bits per heavy atom. The summed E-state index contributed by atoms with van der Waals surface area (Å²) in [7, 11) is 0. The van der Waals surface area contributed by atoms with Gasteiger partial charge in [-0.3, -0.25) is 9.69 Å². The molecule has 0 aromatic heterocycles. The van der Waals surface area contributed by atoms with Crippen molar-refractivity contribution >= 4 is 17.3 Å². The van der Waals surface area contributed by atoms with Crippen molar-refractivity contribution in [1.29, 1.82) is 0 Å². The lowest BCUT2D eigenvalue weighted by atomic mass is 10.2. The van der Waals surface area contributed by atoms with Crippen LogP contribution in [0.3, 0.4) is 0 Å². The molecule has 1 aromatic rings. The van der Waals surface area contributed by atoms with Crippen LogP contribution in [0.1, 0.15) is 26.7 Å². The van der Waals surface area contributed by atoms with E-state index >= 15 is 0 Å². The van der Waals surface area contributed by atoms with E-state index in [2.05, 4.69) is 24.1 Å². The fourth-order valence-electron chi connectivity index (χ4n) is 2.27. The van der Waals surface area contributed by atoms with Crippen molar-refractivity contribution in [3.8, 4) is 0 Å². The largest absolute Gasteiger partial charge is 0.397 e. The molecule has 4 nitrogen and oxygen atoms in total. The molecule has 0 aliphatic heterocycles. The van der Waals surface area contributed by atoms with Crippen molar-refractivity contribution in [2.75, 3.05) is 24.1 Å². The molecule has 20 heavy (non-hydrogen) atoms. The predicted octanol–water partition coefficient (Wildman–Crippen LogP) is 2.47. The fourth-order valence-corrected chi connectivity index (χ4v) is 2.27. The SMILES string of the molecule is CC(C)CN(CC(=O)Nc1ccc(F)cc1N)C1CC1. The van der Waals surface area contributed by atoms with Crippen molar-refractivity contribution in [3.05, 3.63) is 24.0 Å². The van der Waals surface area contributed by atoms with Gasteiger partial charge in [0, 0.05) is 12.6 Å². The monoisotopic (exact) mass is 279 g/mol. The highest BCUT2D eigenvalue weighted by Gasteiger charge is 2.30. The normalized spacial score (nSPS) is 14.8. The molecule has 0 radical (unpaired) electrons. The van der Waals surface area contributed by atoms with Crippen molar-refractivity contribution < 1.29 is 9.18 Å². The highest BCUT2D eigenvalue weighted by molar-refractivity contribution is 5.95. The molecule has 0 spiro atoms. The Morgan fingerprint density at radius 3 is 2.75 bits per heavy atom. The molecule has 2 rings (SSSR count). The third-order valence-electron chi connectivity index (χ3n) is 3.30. The van der Waals surface area contributed by atoms with Gasteiger partial charge >= 0.3 is 0 Å². The smallest absolute Gasteiger partial charge is 0.238 e. The molecule has 3 N–H and O–H groups in total. The van der Waals surface area contributed by atoms with E-state index in [1.165, 1.54) is 31.0 Å². The first-order chi connectivity index (χ1) is 9.45. The van der Waals surface area contributed by atoms with Crippen LogP contribution in [0.2, 0.25) is 0 Å². The van der Waals surface area contributed by atoms with Crippen LogP contribution in [0.4, 0.5) is 15.8 Å². The second-order valence-electron chi connectivity index (χ2n) is 5.83. The number of benzene rings is 1. The van der Waals surface area contributed by atoms with E-state index in [0.29, 0.717) is 24.2 Å². The van der Waals surface area contributed by atoms with E-state index in [0.717, 1.165) is 6.54 Å². The highest BCUT2D eigenvalue weighted by atomic mass is 19.1. The van der Waals surface area contributed by atoms with E-state index in [1.807, 2.05) is 0 Å². The molecule has 110 valence electrons. The maximum atomic E-state index is 13.0. The lowest BCUT2D eigenvalue weighted by Crippen LogP contribution is -2.37. The van der Waals surface area contributed by atoms with E-state index < -0.39 is 5.82 Å². The van der Waals surface area contributed by atoms with Crippen LogP contribution in [-0.2, 0) is 4.79 Å². The molecule has 1 aliphatic carbocycles. The standard InChI is InChI=1S/C15H22FN3O/c1-10(2)8-19(12-4-5-12)9-15(20)18-14-6-3-11(16)7-13(14)17/h3,6-7,10,12H,4-5,8-9,17H2,1-2H3,(H,18,20). The first-order valence-electron chi connectivity index (χ1n) is 7.04. The Bertz CT molecular complexity index is 486. The Kier molecular flexibility index (Phi) is 4.60. The molecule has 5 heteroatoms. The number of nitrogens with one attached hydrogen (secondary N) is 1. The number of rotatable bonds is 6. The van der Waals surface area contributed by atoms with E-state index in [1.54, 1.807) is 0 Å². The summed E-state index contributed by atoms with van der Waals surface area (Å²) in [5.41, 5.74) is 6.40. The number of hydrogen-bond acceptors (Lipinski definition) is 3. The van der Waals surface area contributed by atoms with Crippen LogP contribution in [0.25, 0.3) is 0 Å². The number of anilines is 2. The van der Waals surface area contributed by atoms with Crippen LogP contribution in [0.5, 0.6) is 0 Å². The molecule has 0 bridgehead atoms. The summed E-state index contributed by atoms with van der Waals surface area (Å²) in [6.45, 7) is 5.56. The van der Waals surface area contributed by atoms with Crippen molar-refractivity contribution in [1.82, 2.24) is 4.90 Å². The fraction of sp³-hybridized carbons (Fsp3) is 0.533. The Morgan fingerprint density at radius 2 is 2.20 bits per heavy atom. The molecule has 0 unspecified atom stereocenters. The van der Waals surface area contributed by atoms with Crippen LogP contribution >= 0.6 is 0 Å². The van der Waals surface area contributed by atoms with Gasteiger partial charge in [0.05, 0.1) is 17.9 Å². The quantitative estimate of drug-likeness (QED) is 0.786. The molecular weight excluding hydrogens is 257 g/mol. The summed E-state index contributed by atoms with van der Waals surface area (Å²) in [4.78, 5) is 14.3. The number of halogens is 1. The summed E-state index contributed by atoms with van der Waals surface area (Å²) in [5, 5.41) is 2.75. The van der Waals surface area contributed by atoms with E-state index in [4.69, 9.17) is 5.73 Å². The molecule has 0 saturated heterocycles. The second kappa shape index (κ2) is 6.22. The van der Waals surface area contributed by atoms with Crippen molar-refractivity contribution in [2.45, 2.75) is 32.7 Å².